The predicted octanol–water partition coefficient (Wildman–Crippen LogP) is 2.60. The fourth-order valence-corrected chi connectivity index (χ4v) is 0.952. The number of halogens is 3. The van der Waals surface area contributed by atoms with Crippen molar-refractivity contribution in [2.45, 2.75) is 19.5 Å². The molecule has 0 aliphatic rings. The third-order valence-corrected chi connectivity index (χ3v) is 1.52. The fraction of sp³-hybridized carbons (Fsp3) is 0.429. The summed E-state index contributed by atoms with van der Waals surface area (Å²) >= 11 is 0. The van der Waals surface area contributed by atoms with Crippen molar-refractivity contribution in [3.8, 4) is 0 Å². The minimum absolute atomic E-state index is 0.317. The lowest BCUT2D eigenvalue weighted by Gasteiger charge is -2.04. The maximum absolute atomic E-state index is 12.0. The van der Waals surface area contributed by atoms with Crippen LogP contribution in [-0.2, 0) is 12.6 Å². The van der Waals surface area contributed by atoms with Gasteiger partial charge in [0.15, 0.2) is 0 Å². The normalized spacial score (nSPS) is 12.0. The van der Waals surface area contributed by atoms with Gasteiger partial charge < -0.3 is 4.98 Å². The van der Waals surface area contributed by atoms with E-state index in [0.717, 1.165) is 6.20 Å². The van der Waals surface area contributed by atoms with Crippen LogP contribution in [0.5, 0.6) is 0 Å². The molecule has 0 spiro atoms. The van der Waals surface area contributed by atoms with Crippen molar-refractivity contribution >= 4 is 0 Å². The van der Waals surface area contributed by atoms with E-state index >= 15 is 0 Å². The summed E-state index contributed by atoms with van der Waals surface area (Å²) in [5.74, 6) is 0. The van der Waals surface area contributed by atoms with Gasteiger partial charge in [0.1, 0.15) is 0 Å². The summed E-state index contributed by atoms with van der Waals surface area (Å²) in [5.41, 5.74) is -0.238. The maximum Gasteiger partial charge on any atom is 0.418 e. The van der Waals surface area contributed by atoms with Gasteiger partial charge in [-0.2, -0.15) is 13.2 Å². The van der Waals surface area contributed by atoms with Crippen LogP contribution in [0.4, 0.5) is 13.2 Å². The molecule has 1 rings (SSSR count). The number of aromatic nitrogens is 1. The molecule has 0 saturated carbocycles. The summed E-state index contributed by atoms with van der Waals surface area (Å²) in [7, 11) is 0. The Labute approximate surface area is 62.2 Å². The Hall–Kier alpha value is -0.930. The van der Waals surface area contributed by atoms with Gasteiger partial charge in [0, 0.05) is 12.4 Å². The Morgan fingerprint density at radius 1 is 1.36 bits per heavy atom. The van der Waals surface area contributed by atoms with E-state index in [0.29, 0.717) is 12.0 Å². The number of alkyl halides is 3. The molecule has 1 nitrogen and oxygen atoms in total. The van der Waals surface area contributed by atoms with Crippen LogP contribution < -0.4 is 0 Å². The molecular weight excluding hydrogens is 155 g/mol. The van der Waals surface area contributed by atoms with Gasteiger partial charge in [0.05, 0.1) is 5.56 Å². The number of hydrogen-bond acceptors (Lipinski definition) is 0. The van der Waals surface area contributed by atoms with Gasteiger partial charge in [0.25, 0.3) is 0 Å². The molecule has 0 radical (unpaired) electrons. The van der Waals surface area contributed by atoms with Crippen LogP contribution in [-0.4, -0.2) is 4.98 Å². The zero-order chi connectivity index (χ0) is 8.48. The first-order chi connectivity index (χ1) is 5.05. The maximum atomic E-state index is 12.0. The Morgan fingerprint density at radius 2 is 2.00 bits per heavy atom. The molecule has 0 amide bonds. The first-order valence-electron chi connectivity index (χ1n) is 3.28. The van der Waals surface area contributed by atoms with Crippen molar-refractivity contribution in [2.75, 3.05) is 0 Å². The van der Waals surface area contributed by atoms with Gasteiger partial charge in [0.2, 0.25) is 0 Å². The molecular formula is C7H8F3N. The summed E-state index contributed by atoms with van der Waals surface area (Å²) in [5, 5.41) is 0. The van der Waals surface area contributed by atoms with Crippen molar-refractivity contribution < 1.29 is 13.2 Å². The smallest absolute Gasteiger partial charge is 0.367 e. The first kappa shape index (κ1) is 8.17. The average molecular weight is 163 g/mol. The number of nitrogens with one attached hydrogen (secondary N) is 1. The van der Waals surface area contributed by atoms with Crippen LogP contribution in [0, 0.1) is 0 Å². The van der Waals surface area contributed by atoms with Gasteiger partial charge in [-0.1, -0.05) is 6.92 Å². The van der Waals surface area contributed by atoms with Gasteiger partial charge in [-0.05, 0) is 12.0 Å². The lowest BCUT2D eigenvalue weighted by molar-refractivity contribution is -0.138. The lowest BCUT2D eigenvalue weighted by Crippen LogP contribution is -2.05. The van der Waals surface area contributed by atoms with Crippen molar-refractivity contribution in [1.82, 2.24) is 4.98 Å². The molecule has 0 aliphatic heterocycles. The van der Waals surface area contributed by atoms with Crippen molar-refractivity contribution in [1.29, 1.82) is 0 Å². The molecule has 4 heteroatoms. The average Bonchev–Trinajstić information content (AvgIpc) is 2.31. The highest BCUT2D eigenvalue weighted by atomic mass is 19.4. The van der Waals surface area contributed by atoms with Crippen LogP contribution in [0.15, 0.2) is 12.4 Å². The monoisotopic (exact) mass is 163 g/mol. The first-order valence-corrected chi connectivity index (χ1v) is 3.28. The van der Waals surface area contributed by atoms with Crippen LogP contribution in [0.3, 0.4) is 0 Å². The molecule has 0 saturated heterocycles. The van der Waals surface area contributed by atoms with Crippen molar-refractivity contribution in [3.63, 3.8) is 0 Å². The van der Waals surface area contributed by atoms with E-state index in [1.54, 1.807) is 6.92 Å². The number of aromatic amines is 1. The second-order valence-electron chi connectivity index (χ2n) is 2.25. The Bertz CT molecular complexity index is 236. The number of rotatable bonds is 1. The van der Waals surface area contributed by atoms with Gasteiger partial charge in [-0.15, -0.1) is 0 Å². The van der Waals surface area contributed by atoms with E-state index in [4.69, 9.17) is 0 Å². The second-order valence-corrected chi connectivity index (χ2v) is 2.25. The highest BCUT2D eigenvalue weighted by Crippen LogP contribution is 2.31. The van der Waals surface area contributed by atoms with Gasteiger partial charge in [-0.3, -0.25) is 0 Å². The Balaban J connectivity index is 3.02. The SMILES string of the molecule is CCc1c[nH]cc1C(F)(F)F. The van der Waals surface area contributed by atoms with E-state index in [1.807, 2.05) is 0 Å². The molecule has 0 aliphatic carbocycles. The van der Waals surface area contributed by atoms with Crippen molar-refractivity contribution in [2.24, 2.45) is 0 Å². The lowest BCUT2D eigenvalue weighted by atomic mass is 10.1. The Kier molecular flexibility index (Phi) is 1.93. The van der Waals surface area contributed by atoms with E-state index in [-0.39, 0.29) is 0 Å². The molecule has 0 atom stereocenters. The minimum atomic E-state index is -4.22. The van der Waals surface area contributed by atoms with Gasteiger partial charge >= 0.3 is 6.18 Å². The highest BCUT2D eigenvalue weighted by molar-refractivity contribution is 5.25. The molecule has 62 valence electrons. The molecule has 1 heterocycles. The molecule has 0 bridgehead atoms. The quantitative estimate of drug-likeness (QED) is 0.654. The number of hydrogen-bond donors (Lipinski definition) is 1. The second kappa shape index (κ2) is 2.60. The summed E-state index contributed by atoms with van der Waals surface area (Å²) in [6.45, 7) is 1.69. The van der Waals surface area contributed by atoms with Crippen LogP contribution in [0.25, 0.3) is 0 Å². The topological polar surface area (TPSA) is 15.8 Å². The molecule has 1 aromatic rings. The van der Waals surface area contributed by atoms with E-state index < -0.39 is 11.7 Å². The van der Waals surface area contributed by atoms with E-state index in [2.05, 4.69) is 4.98 Å². The summed E-state index contributed by atoms with van der Waals surface area (Å²) < 4.78 is 36.1. The zero-order valence-electron chi connectivity index (χ0n) is 6.00. The van der Waals surface area contributed by atoms with Crippen molar-refractivity contribution in [3.05, 3.63) is 23.5 Å². The van der Waals surface area contributed by atoms with Crippen LogP contribution in [0.1, 0.15) is 18.1 Å². The molecule has 11 heavy (non-hydrogen) atoms. The zero-order valence-corrected chi connectivity index (χ0v) is 6.00. The largest absolute Gasteiger partial charge is 0.418 e. The van der Waals surface area contributed by atoms with Crippen LogP contribution in [0.2, 0.25) is 0 Å². The molecule has 1 aromatic heterocycles. The fourth-order valence-electron chi connectivity index (χ4n) is 0.952. The van der Waals surface area contributed by atoms with Gasteiger partial charge in [-0.25, -0.2) is 0 Å². The third-order valence-electron chi connectivity index (χ3n) is 1.52. The van der Waals surface area contributed by atoms with Crippen LogP contribution >= 0.6 is 0 Å². The van der Waals surface area contributed by atoms with E-state index in [9.17, 15) is 13.2 Å². The molecule has 0 aromatic carbocycles. The number of aryl methyl sites for hydroxylation is 1. The Morgan fingerprint density at radius 3 is 2.36 bits per heavy atom. The standard InChI is InChI=1S/C7H8F3N/c1-2-5-3-11-4-6(5)7(8,9)10/h3-4,11H,2H2,1H3. The summed E-state index contributed by atoms with van der Waals surface area (Å²) in [6, 6.07) is 0. The number of H-pyrrole nitrogens is 1. The summed E-state index contributed by atoms with van der Waals surface area (Å²) in [6.07, 6.45) is -1.45. The predicted molar refractivity (Wildman–Crippen MR) is 35.2 cm³/mol. The molecule has 0 fully saturated rings. The minimum Gasteiger partial charge on any atom is -0.367 e. The highest BCUT2D eigenvalue weighted by Gasteiger charge is 2.33. The third kappa shape index (κ3) is 1.56. The molecule has 0 unspecified atom stereocenters. The van der Waals surface area contributed by atoms with E-state index in [1.165, 1.54) is 6.20 Å². The molecule has 1 N–H and O–H groups in total. The summed E-state index contributed by atoms with van der Waals surface area (Å²) in [4.78, 5) is 2.44.